The van der Waals surface area contributed by atoms with Crippen molar-refractivity contribution in [3.05, 3.63) is 94.5 Å². The van der Waals surface area contributed by atoms with Crippen LogP contribution >= 0.6 is 11.3 Å². The maximum Gasteiger partial charge on any atom is 0.299 e. The van der Waals surface area contributed by atoms with Gasteiger partial charge in [-0.25, -0.2) is 8.42 Å². The molecule has 45 heavy (non-hydrogen) atoms. The second kappa shape index (κ2) is 12.8. The molecule has 1 aromatic heterocycles. The van der Waals surface area contributed by atoms with Gasteiger partial charge in [0.05, 0.1) is 17.5 Å². The van der Waals surface area contributed by atoms with Crippen LogP contribution < -0.4 is 14.2 Å². The van der Waals surface area contributed by atoms with E-state index in [1.807, 2.05) is 35.2 Å². The number of amides is 1. The van der Waals surface area contributed by atoms with Crippen LogP contribution in [0.25, 0.3) is 0 Å². The molecule has 2 heterocycles. The van der Waals surface area contributed by atoms with Crippen molar-refractivity contribution in [1.29, 1.82) is 0 Å². The average molecular weight is 647 g/mol. The quantitative estimate of drug-likeness (QED) is 0.195. The molecular weight excluding hydrogens is 609 g/mol. The van der Waals surface area contributed by atoms with Crippen molar-refractivity contribution in [1.82, 2.24) is 15.1 Å². The number of nitrogens with one attached hydrogen (secondary N) is 1. The predicted octanol–water partition coefficient (Wildman–Crippen LogP) is 7.13. The Morgan fingerprint density at radius 2 is 1.67 bits per heavy atom. The van der Waals surface area contributed by atoms with Gasteiger partial charge in [0.15, 0.2) is 0 Å². The zero-order chi connectivity index (χ0) is 31.6. The Hall–Kier alpha value is -3.96. The molecule has 0 atom stereocenters. The average Bonchev–Trinajstić information content (AvgIpc) is 3.71. The highest BCUT2D eigenvalue weighted by molar-refractivity contribution is 7.91. The topological polar surface area (TPSA) is 111 Å². The molecule has 1 saturated carbocycles. The molecule has 1 N–H and O–H groups in total. The molecule has 2 aliphatic rings. The first-order chi connectivity index (χ1) is 21.5. The van der Waals surface area contributed by atoms with Gasteiger partial charge in [0.2, 0.25) is 10.0 Å². The molecular formula is C34H38N4O5S2. The zero-order valence-corrected chi connectivity index (χ0v) is 27.4. The van der Waals surface area contributed by atoms with Gasteiger partial charge in [-0.2, -0.15) is 0 Å². The number of hydrogen-bond donors (Lipinski definition) is 1. The van der Waals surface area contributed by atoms with Crippen LogP contribution in [0.3, 0.4) is 0 Å². The molecule has 0 spiro atoms. The van der Waals surface area contributed by atoms with Crippen molar-refractivity contribution in [3.63, 3.8) is 0 Å². The molecule has 0 unspecified atom stereocenters. The van der Waals surface area contributed by atoms with E-state index in [0.717, 1.165) is 30.7 Å². The van der Waals surface area contributed by atoms with E-state index in [-0.39, 0.29) is 23.2 Å². The molecule has 1 aliphatic heterocycles. The first-order valence-electron chi connectivity index (χ1n) is 15.3. The van der Waals surface area contributed by atoms with Crippen LogP contribution in [0.5, 0.6) is 16.7 Å². The third-order valence-corrected chi connectivity index (χ3v) is 10.4. The molecule has 1 aliphatic carbocycles. The van der Waals surface area contributed by atoms with Crippen molar-refractivity contribution in [2.75, 3.05) is 17.8 Å². The van der Waals surface area contributed by atoms with Gasteiger partial charge in [0, 0.05) is 24.1 Å². The summed E-state index contributed by atoms with van der Waals surface area (Å²) in [4.78, 5) is 15.4. The van der Waals surface area contributed by atoms with E-state index >= 15 is 0 Å². The lowest BCUT2D eigenvalue weighted by molar-refractivity contribution is 0.0713. The van der Waals surface area contributed by atoms with Crippen molar-refractivity contribution < 1.29 is 22.7 Å². The van der Waals surface area contributed by atoms with Gasteiger partial charge in [0.1, 0.15) is 16.5 Å². The van der Waals surface area contributed by atoms with Crippen LogP contribution in [0.1, 0.15) is 78.9 Å². The van der Waals surface area contributed by atoms with Crippen molar-refractivity contribution in [2.24, 2.45) is 0 Å². The summed E-state index contributed by atoms with van der Waals surface area (Å²) >= 11 is 1.45. The van der Waals surface area contributed by atoms with E-state index in [1.54, 1.807) is 30.3 Å². The Labute approximate surface area is 268 Å². The molecule has 236 valence electrons. The number of likely N-dealkylation sites (tertiary alicyclic amines) is 1. The SMILES string of the molecule is CC(C)(C)c1nnc(Oc2ccc(C3CCN(C(=O)c4ccc(OC5CC5)c(NS(=O)(=O)Cc5ccccc5)c4)CC3)cc2)s1. The Morgan fingerprint density at radius 3 is 2.31 bits per heavy atom. The fourth-order valence-corrected chi connectivity index (χ4v) is 7.24. The highest BCUT2D eigenvalue weighted by atomic mass is 32.2. The number of carbonyl (C=O) groups is 1. The number of ether oxygens (including phenoxy) is 2. The molecule has 1 amide bonds. The van der Waals surface area contributed by atoms with Gasteiger partial charge in [-0.05, 0) is 73.1 Å². The molecule has 11 heteroatoms. The second-order valence-electron chi connectivity index (χ2n) is 12.7. The van der Waals surface area contributed by atoms with Crippen LogP contribution in [0.2, 0.25) is 0 Å². The van der Waals surface area contributed by atoms with Crippen LogP contribution in [0.4, 0.5) is 5.69 Å². The van der Waals surface area contributed by atoms with E-state index < -0.39 is 10.0 Å². The maximum absolute atomic E-state index is 13.6. The number of benzene rings is 3. The summed E-state index contributed by atoms with van der Waals surface area (Å²) in [7, 11) is -3.73. The number of aromatic nitrogens is 2. The molecule has 9 nitrogen and oxygen atoms in total. The van der Waals surface area contributed by atoms with E-state index in [4.69, 9.17) is 9.47 Å². The minimum atomic E-state index is -3.73. The molecule has 0 bridgehead atoms. The Bertz CT molecular complexity index is 1740. The van der Waals surface area contributed by atoms with E-state index in [2.05, 4.69) is 47.8 Å². The number of carbonyl (C=O) groups excluding carboxylic acids is 1. The van der Waals surface area contributed by atoms with Crippen LogP contribution in [0, 0.1) is 0 Å². The lowest BCUT2D eigenvalue weighted by atomic mass is 9.89. The summed E-state index contributed by atoms with van der Waals surface area (Å²) in [6.07, 6.45) is 3.61. The lowest BCUT2D eigenvalue weighted by Gasteiger charge is -2.32. The minimum absolute atomic E-state index is 0.0738. The molecule has 2 fully saturated rings. The number of sulfonamides is 1. The van der Waals surface area contributed by atoms with Gasteiger partial charge >= 0.3 is 0 Å². The van der Waals surface area contributed by atoms with E-state index in [1.165, 1.54) is 16.9 Å². The Morgan fingerprint density at radius 1 is 0.956 bits per heavy atom. The van der Waals surface area contributed by atoms with E-state index in [9.17, 15) is 13.2 Å². The largest absolute Gasteiger partial charge is 0.488 e. The Balaban J connectivity index is 1.08. The summed E-state index contributed by atoms with van der Waals surface area (Å²) in [5.74, 6) is 1.19. The highest BCUT2D eigenvalue weighted by Gasteiger charge is 2.28. The number of piperidine rings is 1. The summed E-state index contributed by atoms with van der Waals surface area (Å²) in [6, 6.07) is 22.1. The predicted molar refractivity (Wildman–Crippen MR) is 176 cm³/mol. The third-order valence-electron chi connectivity index (χ3n) is 7.90. The number of nitrogens with zero attached hydrogens (tertiary/aromatic N) is 3. The summed E-state index contributed by atoms with van der Waals surface area (Å²) in [5, 5.41) is 9.87. The summed E-state index contributed by atoms with van der Waals surface area (Å²) < 4.78 is 40.7. The summed E-state index contributed by atoms with van der Waals surface area (Å²) in [6.45, 7) is 7.51. The van der Waals surface area contributed by atoms with Gasteiger partial charge in [0.25, 0.3) is 11.1 Å². The van der Waals surface area contributed by atoms with Crippen LogP contribution in [-0.2, 0) is 21.2 Å². The second-order valence-corrected chi connectivity index (χ2v) is 15.4. The smallest absolute Gasteiger partial charge is 0.299 e. The maximum atomic E-state index is 13.6. The summed E-state index contributed by atoms with van der Waals surface area (Å²) in [5.41, 5.74) is 2.54. The number of anilines is 1. The Kier molecular flexibility index (Phi) is 8.83. The first-order valence-corrected chi connectivity index (χ1v) is 17.8. The van der Waals surface area contributed by atoms with Crippen molar-refractivity contribution >= 4 is 33.0 Å². The third kappa shape index (κ3) is 8.01. The molecule has 1 saturated heterocycles. The van der Waals surface area contributed by atoms with Gasteiger partial charge in [-0.3, -0.25) is 9.52 Å². The molecule has 6 rings (SSSR count). The number of hydrogen-bond acceptors (Lipinski definition) is 8. The first kappa shape index (κ1) is 31.0. The van der Waals surface area contributed by atoms with Gasteiger partial charge in [-0.1, -0.05) is 79.7 Å². The highest BCUT2D eigenvalue weighted by Crippen LogP contribution is 2.36. The minimum Gasteiger partial charge on any atom is -0.488 e. The fraction of sp³-hybridized carbons (Fsp3) is 0.382. The van der Waals surface area contributed by atoms with Crippen LogP contribution in [-0.4, -0.2) is 48.6 Å². The normalized spacial score (nSPS) is 15.9. The molecule has 4 aromatic rings. The molecule has 3 aromatic carbocycles. The van der Waals surface area contributed by atoms with Gasteiger partial charge in [-0.15, -0.1) is 5.10 Å². The van der Waals surface area contributed by atoms with Gasteiger partial charge < -0.3 is 14.4 Å². The van der Waals surface area contributed by atoms with Crippen molar-refractivity contribution in [3.8, 4) is 16.7 Å². The fourth-order valence-electron chi connectivity index (χ4n) is 5.27. The standard InChI is InChI=1S/C34H38N4O5S2/c1-34(2,3)32-35-36-33(44-32)43-28-12-9-24(10-13-28)25-17-19-38(20-18-25)31(39)26-11-16-30(42-27-14-15-27)29(21-26)37-45(40,41)22-23-7-5-4-6-8-23/h4-13,16,21,25,27,37H,14-15,17-20,22H2,1-3H3. The monoisotopic (exact) mass is 646 g/mol. The number of rotatable bonds is 10. The van der Waals surface area contributed by atoms with Crippen molar-refractivity contribution in [2.45, 2.75) is 69.6 Å². The van der Waals surface area contributed by atoms with Crippen LogP contribution in [0.15, 0.2) is 72.8 Å². The lowest BCUT2D eigenvalue weighted by Crippen LogP contribution is -2.38. The van der Waals surface area contributed by atoms with E-state index in [0.29, 0.717) is 52.5 Å². The molecule has 0 radical (unpaired) electrons. The zero-order valence-electron chi connectivity index (χ0n) is 25.7.